The average molecular weight is 486 g/mol. The van der Waals surface area contributed by atoms with Gasteiger partial charge in [-0.3, -0.25) is 9.59 Å². The summed E-state index contributed by atoms with van der Waals surface area (Å²) in [6.45, 7) is 1.21. The molecule has 0 aromatic heterocycles. The second-order valence-electron chi connectivity index (χ2n) is 6.83. The van der Waals surface area contributed by atoms with Gasteiger partial charge in [0.15, 0.2) is 0 Å². The first kappa shape index (κ1) is 24.0. The molecule has 2 aromatic rings. The molecule has 10 nitrogen and oxygen atoms in total. The van der Waals surface area contributed by atoms with Crippen molar-refractivity contribution in [3.8, 4) is 5.75 Å². The van der Waals surface area contributed by atoms with E-state index in [-0.39, 0.29) is 16.3 Å². The monoisotopic (exact) mass is 486 g/mol. The number of carbonyl (C=O) groups excluding carboxylic acids is 3. The van der Waals surface area contributed by atoms with Crippen LogP contribution in [-0.4, -0.2) is 45.2 Å². The largest absolute Gasteiger partial charge is 0.497 e. The fourth-order valence-electron chi connectivity index (χ4n) is 3.00. The number of nitrogens with one attached hydrogen (secondary N) is 3. The van der Waals surface area contributed by atoms with Crippen LogP contribution in [0, 0.1) is 0 Å². The molecule has 1 aliphatic rings. The van der Waals surface area contributed by atoms with Gasteiger partial charge in [-0.05, 0) is 48.5 Å². The van der Waals surface area contributed by atoms with Gasteiger partial charge in [0.2, 0.25) is 15.9 Å². The molecule has 0 saturated carbocycles. The fraction of sp³-hybridized carbons (Fsp3) is 0.211. The van der Waals surface area contributed by atoms with E-state index >= 15 is 0 Å². The lowest BCUT2D eigenvalue weighted by Gasteiger charge is -2.29. The molecule has 1 aliphatic heterocycles. The van der Waals surface area contributed by atoms with Gasteiger partial charge in [0, 0.05) is 12.6 Å². The topological polar surface area (TPSA) is 134 Å². The van der Waals surface area contributed by atoms with Crippen LogP contribution in [-0.2, 0) is 19.6 Å². The average Bonchev–Trinajstić information content (AvgIpc) is 2.98. The van der Waals surface area contributed by atoms with E-state index in [2.05, 4.69) is 5.32 Å². The number of carbonyl (C=O) groups is 3. The molecule has 2 aromatic carbocycles. The zero-order valence-corrected chi connectivity index (χ0v) is 17.9. The summed E-state index contributed by atoms with van der Waals surface area (Å²) in [5.41, 5.74) is -3.98. The van der Waals surface area contributed by atoms with Crippen molar-refractivity contribution in [1.82, 2.24) is 10.0 Å². The molecule has 1 heterocycles. The molecule has 3 N–H and O–H groups in total. The SMILES string of the molecule is COc1ccc(N2C(=O)N[C@](NS(=O)(=O)c3ccc(NC(C)=O)cc3)(C(F)(F)F)C2=O)cc1. The van der Waals surface area contributed by atoms with Crippen molar-refractivity contribution in [2.24, 2.45) is 0 Å². The van der Waals surface area contributed by atoms with E-state index in [1.54, 1.807) is 0 Å². The van der Waals surface area contributed by atoms with Crippen molar-refractivity contribution in [1.29, 1.82) is 0 Å². The van der Waals surface area contributed by atoms with Crippen LogP contribution in [0.15, 0.2) is 53.4 Å². The van der Waals surface area contributed by atoms with Gasteiger partial charge in [-0.15, -0.1) is 0 Å². The number of benzene rings is 2. The maximum atomic E-state index is 14.0. The molecule has 1 atom stereocenters. The quantitative estimate of drug-likeness (QED) is 0.535. The number of methoxy groups -OCH3 is 1. The Labute approximate surface area is 185 Å². The van der Waals surface area contributed by atoms with Crippen LogP contribution in [0.25, 0.3) is 0 Å². The van der Waals surface area contributed by atoms with E-state index in [1.165, 1.54) is 36.2 Å². The highest BCUT2D eigenvalue weighted by molar-refractivity contribution is 7.89. The first-order valence-electron chi connectivity index (χ1n) is 9.10. The lowest BCUT2D eigenvalue weighted by atomic mass is 10.1. The van der Waals surface area contributed by atoms with Crippen molar-refractivity contribution in [2.45, 2.75) is 23.7 Å². The third-order valence-corrected chi connectivity index (χ3v) is 6.02. The van der Waals surface area contributed by atoms with Crippen LogP contribution in [0.3, 0.4) is 0 Å². The standard InChI is InChI=1S/C19H17F3N4O6S/c1-11(27)23-12-3-9-15(10-4-12)33(30,31)25-18(19(20,21)22)16(28)26(17(29)24-18)13-5-7-14(32-2)8-6-13/h3-10,25H,1-2H3,(H,23,27)(H,24,29)/t18-/m1/s1. The fourth-order valence-corrected chi connectivity index (χ4v) is 4.27. The molecule has 3 rings (SSSR count). The molecule has 33 heavy (non-hydrogen) atoms. The number of rotatable bonds is 6. The van der Waals surface area contributed by atoms with Gasteiger partial charge in [0.05, 0.1) is 17.7 Å². The maximum Gasteiger partial charge on any atom is 0.435 e. The summed E-state index contributed by atoms with van der Waals surface area (Å²) < 4.78 is 73.8. The number of hydrogen-bond acceptors (Lipinski definition) is 6. The molecule has 0 aliphatic carbocycles. The summed E-state index contributed by atoms with van der Waals surface area (Å²) in [4.78, 5) is 35.8. The smallest absolute Gasteiger partial charge is 0.435 e. The van der Waals surface area contributed by atoms with E-state index < -0.39 is 44.6 Å². The van der Waals surface area contributed by atoms with E-state index in [1.807, 2.05) is 0 Å². The van der Waals surface area contributed by atoms with E-state index in [0.717, 1.165) is 36.4 Å². The number of amides is 4. The van der Waals surface area contributed by atoms with Crippen LogP contribution >= 0.6 is 0 Å². The third-order valence-electron chi connectivity index (χ3n) is 4.55. The van der Waals surface area contributed by atoms with Gasteiger partial charge in [0.25, 0.3) is 11.6 Å². The van der Waals surface area contributed by atoms with Crippen molar-refractivity contribution in [2.75, 3.05) is 17.3 Å². The number of sulfonamides is 1. The third kappa shape index (κ3) is 4.47. The Kier molecular flexibility index (Phi) is 6.08. The van der Waals surface area contributed by atoms with Gasteiger partial charge in [-0.2, -0.15) is 17.9 Å². The summed E-state index contributed by atoms with van der Waals surface area (Å²) in [7, 11) is -3.63. The lowest BCUT2D eigenvalue weighted by molar-refractivity contribution is -0.194. The molecule has 0 radical (unpaired) electrons. The molecule has 0 unspecified atom stereocenters. The Morgan fingerprint density at radius 2 is 1.64 bits per heavy atom. The number of imide groups is 1. The molecule has 176 valence electrons. The second kappa shape index (κ2) is 8.37. The molecule has 4 amide bonds. The lowest BCUT2D eigenvalue weighted by Crippen LogP contribution is -2.69. The first-order valence-corrected chi connectivity index (χ1v) is 10.6. The minimum Gasteiger partial charge on any atom is -0.497 e. The molecule has 1 fully saturated rings. The van der Waals surface area contributed by atoms with Gasteiger partial charge < -0.3 is 15.4 Å². The van der Waals surface area contributed by atoms with Crippen LogP contribution in [0.4, 0.5) is 29.3 Å². The molecule has 14 heteroatoms. The first-order chi connectivity index (χ1) is 15.3. The molecule has 0 spiro atoms. The van der Waals surface area contributed by atoms with Crippen molar-refractivity contribution in [3.05, 3.63) is 48.5 Å². The van der Waals surface area contributed by atoms with Gasteiger partial charge >= 0.3 is 12.2 Å². The molecular weight excluding hydrogens is 469 g/mol. The minimum atomic E-state index is -5.54. The summed E-state index contributed by atoms with van der Waals surface area (Å²) >= 11 is 0. The highest BCUT2D eigenvalue weighted by atomic mass is 32.2. The molecule has 1 saturated heterocycles. The van der Waals surface area contributed by atoms with Crippen molar-refractivity contribution < 1.29 is 40.7 Å². The Morgan fingerprint density at radius 3 is 2.12 bits per heavy atom. The Hall–Kier alpha value is -3.65. The number of anilines is 2. The molecule has 0 bridgehead atoms. The Bertz CT molecular complexity index is 1200. The number of nitrogens with zero attached hydrogens (tertiary/aromatic N) is 1. The van der Waals surface area contributed by atoms with Crippen LogP contribution in [0.5, 0.6) is 5.75 Å². The highest BCUT2D eigenvalue weighted by Crippen LogP contribution is 2.37. The van der Waals surface area contributed by atoms with E-state index in [4.69, 9.17) is 4.74 Å². The Balaban J connectivity index is 1.98. The van der Waals surface area contributed by atoms with Crippen LogP contribution in [0.2, 0.25) is 0 Å². The van der Waals surface area contributed by atoms with E-state index in [9.17, 15) is 36.0 Å². The maximum absolute atomic E-state index is 14.0. The summed E-state index contributed by atoms with van der Waals surface area (Å²) in [6.07, 6.45) is -5.54. The normalized spacial score (nSPS) is 18.8. The Morgan fingerprint density at radius 1 is 1.06 bits per heavy atom. The van der Waals surface area contributed by atoms with Gasteiger partial charge in [-0.1, -0.05) is 0 Å². The zero-order valence-electron chi connectivity index (χ0n) is 17.1. The van der Waals surface area contributed by atoms with Crippen LogP contribution in [0.1, 0.15) is 6.92 Å². The number of urea groups is 1. The number of halogens is 3. The summed E-state index contributed by atoms with van der Waals surface area (Å²) in [6, 6.07) is 7.63. The van der Waals surface area contributed by atoms with Gasteiger partial charge in [0.1, 0.15) is 5.75 Å². The van der Waals surface area contributed by atoms with E-state index in [0.29, 0.717) is 5.75 Å². The molecular formula is C19H17F3N4O6S. The van der Waals surface area contributed by atoms with Gasteiger partial charge in [-0.25, -0.2) is 18.1 Å². The second-order valence-corrected chi connectivity index (χ2v) is 8.51. The van der Waals surface area contributed by atoms with Crippen molar-refractivity contribution >= 4 is 39.2 Å². The predicted molar refractivity (Wildman–Crippen MR) is 109 cm³/mol. The van der Waals surface area contributed by atoms with Crippen LogP contribution < -0.4 is 25.0 Å². The number of ether oxygens (including phenoxy) is 1. The summed E-state index contributed by atoms with van der Waals surface area (Å²) in [5.74, 6) is -2.02. The predicted octanol–water partition coefficient (Wildman–Crippen LogP) is 1.95. The van der Waals surface area contributed by atoms with Crippen molar-refractivity contribution in [3.63, 3.8) is 0 Å². The highest BCUT2D eigenvalue weighted by Gasteiger charge is 2.69. The minimum absolute atomic E-state index is 0.176. The number of hydrogen-bond donors (Lipinski definition) is 3. The summed E-state index contributed by atoms with van der Waals surface area (Å²) in [5, 5.41) is 3.80. The number of alkyl halides is 3. The zero-order chi connectivity index (χ0) is 24.6.